The Hall–Kier alpha value is -3.25. The first-order valence-corrected chi connectivity index (χ1v) is 10.9. The van der Waals surface area contributed by atoms with Gasteiger partial charge in [0, 0.05) is 50.0 Å². The molecule has 3 aromatic heterocycles. The molecule has 5 heterocycles. The van der Waals surface area contributed by atoms with Crippen molar-refractivity contribution in [2.24, 2.45) is 5.41 Å². The number of pyridine rings is 1. The van der Waals surface area contributed by atoms with Crippen LogP contribution in [0.4, 0.5) is 33.6 Å². The van der Waals surface area contributed by atoms with E-state index >= 15 is 0 Å². The van der Waals surface area contributed by atoms with Crippen LogP contribution in [0, 0.1) is 5.41 Å². The standard InChI is InChI=1S/C21H22F5N7O/c1-2-32-18(34)14-8-28-33(9-16(22)23)17(14)29-19(32)30-6-4-20(10-30)11-31(12-20)13-3-5-27-15(7-13)21(24,25)26/h3,5,7-8,16H,2,4,6,9-12H2,1H3. The predicted octanol–water partition coefficient (Wildman–Crippen LogP) is 3.01. The maximum atomic E-state index is 13.0. The first-order valence-electron chi connectivity index (χ1n) is 10.9. The van der Waals surface area contributed by atoms with Gasteiger partial charge >= 0.3 is 6.18 Å². The van der Waals surface area contributed by atoms with Crippen LogP contribution < -0.4 is 15.4 Å². The smallest absolute Gasteiger partial charge is 0.370 e. The van der Waals surface area contributed by atoms with Gasteiger partial charge in [0.1, 0.15) is 17.6 Å². The van der Waals surface area contributed by atoms with Gasteiger partial charge in [-0.2, -0.15) is 23.3 Å². The fourth-order valence-corrected chi connectivity index (χ4v) is 4.91. The molecule has 0 radical (unpaired) electrons. The molecule has 0 N–H and O–H groups in total. The number of aromatic nitrogens is 5. The van der Waals surface area contributed by atoms with Crippen molar-refractivity contribution in [3.8, 4) is 0 Å². The van der Waals surface area contributed by atoms with Gasteiger partial charge in [-0.3, -0.25) is 14.3 Å². The Morgan fingerprint density at radius 1 is 1.18 bits per heavy atom. The molecule has 0 saturated carbocycles. The zero-order valence-electron chi connectivity index (χ0n) is 18.3. The van der Waals surface area contributed by atoms with Crippen LogP contribution in [0.3, 0.4) is 0 Å². The van der Waals surface area contributed by atoms with Crippen molar-refractivity contribution in [1.29, 1.82) is 0 Å². The van der Waals surface area contributed by atoms with E-state index in [-0.39, 0.29) is 22.0 Å². The highest BCUT2D eigenvalue weighted by Crippen LogP contribution is 2.43. The summed E-state index contributed by atoms with van der Waals surface area (Å²) in [6.45, 7) is 3.78. The lowest BCUT2D eigenvalue weighted by Gasteiger charge is -2.49. The molecule has 3 aromatic rings. The zero-order valence-corrected chi connectivity index (χ0v) is 18.3. The summed E-state index contributed by atoms with van der Waals surface area (Å²) >= 11 is 0. The molecule has 0 amide bonds. The number of halogens is 5. The summed E-state index contributed by atoms with van der Waals surface area (Å²) in [5.74, 6) is 0.398. The van der Waals surface area contributed by atoms with Crippen molar-refractivity contribution in [3.05, 3.63) is 40.6 Å². The zero-order chi connectivity index (χ0) is 24.3. The number of alkyl halides is 5. The molecule has 2 fully saturated rings. The van der Waals surface area contributed by atoms with Crippen molar-refractivity contribution >= 4 is 22.7 Å². The van der Waals surface area contributed by atoms with Gasteiger partial charge in [0.15, 0.2) is 5.65 Å². The van der Waals surface area contributed by atoms with Gasteiger partial charge in [-0.25, -0.2) is 13.5 Å². The van der Waals surface area contributed by atoms with E-state index in [0.717, 1.165) is 23.4 Å². The van der Waals surface area contributed by atoms with Crippen LogP contribution in [0.1, 0.15) is 19.0 Å². The molecule has 13 heteroatoms. The van der Waals surface area contributed by atoms with E-state index in [2.05, 4.69) is 15.1 Å². The molecule has 0 aliphatic carbocycles. The van der Waals surface area contributed by atoms with Gasteiger partial charge in [-0.15, -0.1) is 0 Å². The van der Waals surface area contributed by atoms with Crippen LogP contribution in [0.25, 0.3) is 11.0 Å². The molecular weight excluding hydrogens is 461 g/mol. The molecule has 0 bridgehead atoms. The second-order valence-electron chi connectivity index (χ2n) is 8.84. The molecule has 5 rings (SSSR count). The summed E-state index contributed by atoms with van der Waals surface area (Å²) in [7, 11) is 0. The second-order valence-corrected chi connectivity index (χ2v) is 8.84. The Bertz CT molecular complexity index is 1280. The van der Waals surface area contributed by atoms with Gasteiger partial charge in [0.05, 0.1) is 6.20 Å². The average Bonchev–Trinajstić information content (AvgIpc) is 3.37. The molecule has 1 spiro atoms. The Morgan fingerprint density at radius 3 is 2.59 bits per heavy atom. The van der Waals surface area contributed by atoms with Crippen molar-refractivity contribution < 1.29 is 22.0 Å². The van der Waals surface area contributed by atoms with Crippen molar-refractivity contribution in [2.45, 2.75) is 39.0 Å². The van der Waals surface area contributed by atoms with E-state index < -0.39 is 24.8 Å². The van der Waals surface area contributed by atoms with Crippen molar-refractivity contribution in [3.63, 3.8) is 0 Å². The Labute approximate surface area is 190 Å². The first kappa shape index (κ1) is 22.5. The van der Waals surface area contributed by atoms with E-state index in [4.69, 9.17) is 0 Å². The highest BCUT2D eigenvalue weighted by molar-refractivity contribution is 5.75. The third-order valence-corrected chi connectivity index (χ3v) is 6.53. The van der Waals surface area contributed by atoms with Crippen LogP contribution in [-0.4, -0.2) is 56.9 Å². The highest BCUT2D eigenvalue weighted by atomic mass is 19.4. The lowest BCUT2D eigenvalue weighted by atomic mass is 9.79. The topological polar surface area (TPSA) is 72.1 Å². The van der Waals surface area contributed by atoms with E-state index in [1.165, 1.54) is 10.8 Å². The molecule has 2 aliphatic rings. The second kappa shape index (κ2) is 7.91. The molecule has 182 valence electrons. The van der Waals surface area contributed by atoms with E-state index in [0.29, 0.717) is 44.4 Å². The molecule has 8 nitrogen and oxygen atoms in total. The minimum atomic E-state index is -4.51. The number of fused-ring (bicyclic) bond motifs is 1. The molecule has 2 aliphatic heterocycles. The Balaban J connectivity index is 1.38. The van der Waals surface area contributed by atoms with Gasteiger partial charge in [0.2, 0.25) is 5.95 Å². The minimum Gasteiger partial charge on any atom is -0.370 e. The van der Waals surface area contributed by atoms with Gasteiger partial charge in [-0.05, 0) is 25.5 Å². The summed E-state index contributed by atoms with van der Waals surface area (Å²) in [6.07, 6.45) is -3.94. The highest BCUT2D eigenvalue weighted by Gasteiger charge is 2.49. The lowest BCUT2D eigenvalue weighted by molar-refractivity contribution is -0.141. The molecule has 2 saturated heterocycles. The quantitative estimate of drug-likeness (QED) is 0.520. The van der Waals surface area contributed by atoms with Gasteiger partial charge < -0.3 is 9.80 Å². The first-order chi connectivity index (χ1) is 16.1. The summed E-state index contributed by atoms with van der Waals surface area (Å²) in [6, 6.07) is 2.61. The molecule has 0 unspecified atom stereocenters. The summed E-state index contributed by atoms with van der Waals surface area (Å²) in [5.41, 5.74) is -0.833. The largest absolute Gasteiger partial charge is 0.433 e. The van der Waals surface area contributed by atoms with E-state index in [9.17, 15) is 26.7 Å². The molecular formula is C21H22F5N7O. The predicted molar refractivity (Wildman–Crippen MR) is 114 cm³/mol. The number of hydrogen-bond donors (Lipinski definition) is 0. The lowest BCUT2D eigenvalue weighted by Crippen LogP contribution is -2.58. The number of anilines is 2. The Morgan fingerprint density at radius 2 is 1.91 bits per heavy atom. The van der Waals surface area contributed by atoms with Gasteiger partial charge in [-0.1, -0.05) is 0 Å². The fourth-order valence-electron chi connectivity index (χ4n) is 4.91. The Kier molecular flexibility index (Phi) is 5.24. The third kappa shape index (κ3) is 3.76. The van der Waals surface area contributed by atoms with Crippen LogP contribution in [-0.2, 0) is 19.3 Å². The van der Waals surface area contributed by atoms with Gasteiger partial charge in [0.25, 0.3) is 12.0 Å². The van der Waals surface area contributed by atoms with Crippen LogP contribution in [0.2, 0.25) is 0 Å². The van der Waals surface area contributed by atoms with Crippen LogP contribution >= 0.6 is 0 Å². The van der Waals surface area contributed by atoms with E-state index in [1.54, 1.807) is 13.0 Å². The summed E-state index contributed by atoms with van der Waals surface area (Å²) in [4.78, 5) is 24.8. The van der Waals surface area contributed by atoms with Crippen molar-refractivity contribution in [1.82, 2.24) is 24.3 Å². The summed E-state index contributed by atoms with van der Waals surface area (Å²) < 4.78 is 67.5. The average molecular weight is 483 g/mol. The normalized spacial score (nSPS) is 17.9. The third-order valence-electron chi connectivity index (χ3n) is 6.53. The molecule has 34 heavy (non-hydrogen) atoms. The van der Waals surface area contributed by atoms with E-state index in [1.807, 2.05) is 9.80 Å². The van der Waals surface area contributed by atoms with Crippen molar-refractivity contribution in [2.75, 3.05) is 36.0 Å². The fraction of sp³-hybridized carbons (Fsp3) is 0.524. The molecule has 0 atom stereocenters. The monoisotopic (exact) mass is 483 g/mol. The van der Waals surface area contributed by atoms with Crippen LogP contribution in [0.15, 0.2) is 29.3 Å². The summed E-state index contributed by atoms with van der Waals surface area (Å²) in [5, 5.41) is 4.10. The number of nitrogens with zero attached hydrogens (tertiary/aromatic N) is 7. The maximum absolute atomic E-state index is 13.0. The minimum absolute atomic E-state index is 0.123. The molecule has 0 aromatic carbocycles. The number of hydrogen-bond acceptors (Lipinski definition) is 6. The number of rotatable bonds is 5. The van der Waals surface area contributed by atoms with Crippen LogP contribution in [0.5, 0.6) is 0 Å². The maximum Gasteiger partial charge on any atom is 0.433 e. The SMILES string of the molecule is CCn1c(N2CCC3(CN(c4ccnc(C(F)(F)F)c4)C3)C2)nc2c(cnn2CC(F)F)c1=O.